The van der Waals surface area contributed by atoms with Gasteiger partial charge in [0.05, 0.1) is 0 Å². The van der Waals surface area contributed by atoms with E-state index in [1.54, 1.807) is 14.0 Å². The van der Waals surface area contributed by atoms with Crippen LogP contribution in [0.25, 0.3) is 0 Å². The Balaban J connectivity index is 2.47. The SMILES string of the molecule is CNC(C)(CC1CCC1)C(=O)O. The van der Waals surface area contributed by atoms with Crippen molar-refractivity contribution in [3.05, 3.63) is 0 Å². The fourth-order valence-corrected chi connectivity index (χ4v) is 1.57. The van der Waals surface area contributed by atoms with Crippen LogP contribution in [0.15, 0.2) is 0 Å². The summed E-state index contributed by atoms with van der Waals surface area (Å²) in [6.45, 7) is 1.76. The van der Waals surface area contributed by atoms with Gasteiger partial charge in [-0.2, -0.15) is 0 Å². The molecule has 0 aromatic heterocycles. The molecule has 3 heteroatoms. The van der Waals surface area contributed by atoms with Gasteiger partial charge in [0.2, 0.25) is 0 Å². The molecule has 2 N–H and O–H groups in total. The molecule has 0 amide bonds. The molecule has 1 aliphatic rings. The first-order chi connectivity index (χ1) is 5.58. The Labute approximate surface area is 73.2 Å². The summed E-state index contributed by atoms with van der Waals surface area (Å²) in [5.41, 5.74) is -0.717. The number of hydrogen-bond donors (Lipinski definition) is 2. The summed E-state index contributed by atoms with van der Waals surface area (Å²) in [6.07, 6.45) is 4.43. The maximum atomic E-state index is 10.9. The molecule has 1 saturated carbocycles. The fourth-order valence-electron chi connectivity index (χ4n) is 1.57. The van der Waals surface area contributed by atoms with E-state index in [2.05, 4.69) is 5.32 Å². The van der Waals surface area contributed by atoms with Crippen molar-refractivity contribution in [1.82, 2.24) is 5.32 Å². The number of carboxylic acid groups (broad SMARTS) is 1. The highest BCUT2D eigenvalue weighted by Gasteiger charge is 2.35. The van der Waals surface area contributed by atoms with Crippen LogP contribution in [0.4, 0.5) is 0 Å². The number of aliphatic carboxylic acids is 1. The van der Waals surface area contributed by atoms with Crippen LogP contribution in [-0.4, -0.2) is 23.7 Å². The minimum absolute atomic E-state index is 0.624. The molecule has 0 aliphatic heterocycles. The van der Waals surface area contributed by atoms with Crippen molar-refractivity contribution in [3.8, 4) is 0 Å². The van der Waals surface area contributed by atoms with E-state index in [0.717, 1.165) is 6.42 Å². The average Bonchev–Trinajstić information content (AvgIpc) is 1.96. The third-order valence-corrected chi connectivity index (χ3v) is 2.95. The van der Waals surface area contributed by atoms with E-state index >= 15 is 0 Å². The highest BCUT2D eigenvalue weighted by molar-refractivity contribution is 5.78. The standard InChI is InChI=1S/C9H17NO2/c1-9(10-2,8(11)12)6-7-4-3-5-7/h7,10H,3-6H2,1-2H3,(H,11,12). The maximum Gasteiger partial charge on any atom is 0.323 e. The number of hydrogen-bond acceptors (Lipinski definition) is 2. The highest BCUT2D eigenvalue weighted by Crippen LogP contribution is 2.33. The number of likely N-dealkylation sites (N-methyl/N-ethyl adjacent to an activating group) is 1. The second-order valence-electron chi connectivity index (χ2n) is 3.89. The Morgan fingerprint density at radius 3 is 2.50 bits per heavy atom. The van der Waals surface area contributed by atoms with Gasteiger partial charge in [-0.3, -0.25) is 4.79 Å². The van der Waals surface area contributed by atoms with Gasteiger partial charge in [-0.15, -0.1) is 0 Å². The Hall–Kier alpha value is -0.570. The molecule has 0 spiro atoms. The van der Waals surface area contributed by atoms with Gasteiger partial charge in [0, 0.05) is 0 Å². The molecule has 1 atom stereocenters. The molecule has 12 heavy (non-hydrogen) atoms. The zero-order chi connectivity index (χ0) is 9.19. The smallest absolute Gasteiger partial charge is 0.323 e. The third kappa shape index (κ3) is 1.78. The fraction of sp³-hybridized carbons (Fsp3) is 0.889. The van der Waals surface area contributed by atoms with Crippen LogP contribution in [0.2, 0.25) is 0 Å². The van der Waals surface area contributed by atoms with Gasteiger partial charge in [-0.1, -0.05) is 19.3 Å². The quantitative estimate of drug-likeness (QED) is 0.669. The van der Waals surface area contributed by atoms with Crippen LogP contribution in [0, 0.1) is 5.92 Å². The average molecular weight is 171 g/mol. The van der Waals surface area contributed by atoms with E-state index in [0.29, 0.717) is 5.92 Å². The summed E-state index contributed by atoms with van der Waals surface area (Å²) in [7, 11) is 1.72. The maximum absolute atomic E-state index is 10.9. The van der Waals surface area contributed by atoms with Crippen molar-refractivity contribution in [1.29, 1.82) is 0 Å². The van der Waals surface area contributed by atoms with Gasteiger partial charge in [-0.25, -0.2) is 0 Å². The third-order valence-electron chi connectivity index (χ3n) is 2.95. The van der Waals surface area contributed by atoms with Gasteiger partial charge < -0.3 is 10.4 Å². The molecule has 1 rings (SSSR count). The van der Waals surface area contributed by atoms with Crippen LogP contribution in [0.1, 0.15) is 32.6 Å². The lowest BCUT2D eigenvalue weighted by atomic mass is 9.76. The minimum Gasteiger partial charge on any atom is -0.480 e. The molecular weight excluding hydrogens is 154 g/mol. The number of carboxylic acids is 1. The zero-order valence-electron chi connectivity index (χ0n) is 7.76. The molecule has 0 aromatic rings. The second kappa shape index (κ2) is 3.44. The van der Waals surface area contributed by atoms with Crippen molar-refractivity contribution >= 4 is 5.97 Å². The topological polar surface area (TPSA) is 49.3 Å². The molecule has 1 unspecified atom stereocenters. The lowest BCUT2D eigenvalue weighted by molar-refractivity contribution is -0.145. The Bertz CT molecular complexity index is 177. The molecule has 3 nitrogen and oxygen atoms in total. The molecule has 1 aliphatic carbocycles. The van der Waals surface area contributed by atoms with E-state index in [4.69, 9.17) is 5.11 Å². The molecule has 70 valence electrons. The Morgan fingerprint density at radius 1 is 1.67 bits per heavy atom. The molecular formula is C9H17NO2. The molecule has 0 radical (unpaired) electrons. The Kier molecular flexibility index (Phi) is 2.73. The lowest BCUT2D eigenvalue weighted by Gasteiger charge is -2.33. The highest BCUT2D eigenvalue weighted by atomic mass is 16.4. The van der Waals surface area contributed by atoms with Crippen molar-refractivity contribution < 1.29 is 9.90 Å². The molecule has 1 fully saturated rings. The summed E-state index contributed by atoms with van der Waals surface area (Å²) in [6, 6.07) is 0. The monoisotopic (exact) mass is 171 g/mol. The van der Waals surface area contributed by atoms with Crippen LogP contribution < -0.4 is 5.32 Å². The predicted octanol–water partition coefficient (Wildman–Crippen LogP) is 1.24. The van der Waals surface area contributed by atoms with Gasteiger partial charge in [-0.05, 0) is 26.3 Å². The first kappa shape index (κ1) is 9.52. The van der Waals surface area contributed by atoms with Gasteiger partial charge >= 0.3 is 5.97 Å². The van der Waals surface area contributed by atoms with Gasteiger partial charge in [0.15, 0.2) is 0 Å². The van der Waals surface area contributed by atoms with E-state index in [9.17, 15) is 4.79 Å². The molecule has 0 bridgehead atoms. The van der Waals surface area contributed by atoms with E-state index in [-0.39, 0.29) is 0 Å². The van der Waals surface area contributed by atoms with E-state index in [1.165, 1.54) is 19.3 Å². The van der Waals surface area contributed by atoms with Crippen molar-refractivity contribution in [2.75, 3.05) is 7.05 Å². The number of carbonyl (C=O) groups is 1. The first-order valence-electron chi connectivity index (χ1n) is 4.51. The Morgan fingerprint density at radius 2 is 2.25 bits per heavy atom. The number of nitrogens with one attached hydrogen (secondary N) is 1. The first-order valence-corrected chi connectivity index (χ1v) is 4.51. The van der Waals surface area contributed by atoms with Crippen molar-refractivity contribution in [2.24, 2.45) is 5.92 Å². The summed E-state index contributed by atoms with van der Waals surface area (Å²) in [5, 5.41) is 11.8. The summed E-state index contributed by atoms with van der Waals surface area (Å²) in [5.74, 6) is -0.115. The van der Waals surface area contributed by atoms with Crippen LogP contribution >= 0.6 is 0 Å². The molecule has 0 saturated heterocycles. The summed E-state index contributed by atoms with van der Waals surface area (Å²) < 4.78 is 0. The van der Waals surface area contributed by atoms with Gasteiger partial charge in [0.1, 0.15) is 5.54 Å². The summed E-state index contributed by atoms with van der Waals surface area (Å²) in [4.78, 5) is 10.9. The number of rotatable bonds is 4. The molecule has 0 heterocycles. The zero-order valence-corrected chi connectivity index (χ0v) is 7.76. The van der Waals surface area contributed by atoms with Crippen LogP contribution in [0.3, 0.4) is 0 Å². The normalized spacial score (nSPS) is 22.8. The van der Waals surface area contributed by atoms with Crippen LogP contribution in [-0.2, 0) is 4.79 Å². The largest absolute Gasteiger partial charge is 0.480 e. The van der Waals surface area contributed by atoms with Crippen molar-refractivity contribution in [3.63, 3.8) is 0 Å². The summed E-state index contributed by atoms with van der Waals surface area (Å²) >= 11 is 0. The minimum atomic E-state index is -0.739. The lowest BCUT2D eigenvalue weighted by Crippen LogP contribution is -2.49. The predicted molar refractivity (Wildman–Crippen MR) is 47.1 cm³/mol. The van der Waals surface area contributed by atoms with Crippen LogP contribution in [0.5, 0.6) is 0 Å². The van der Waals surface area contributed by atoms with Gasteiger partial charge in [0.25, 0.3) is 0 Å². The molecule has 0 aromatic carbocycles. The van der Waals surface area contributed by atoms with E-state index in [1.807, 2.05) is 0 Å². The van der Waals surface area contributed by atoms with Crippen molar-refractivity contribution in [2.45, 2.75) is 38.1 Å². The van der Waals surface area contributed by atoms with E-state index < -0.39 is 11.5 Å². The second-order valence-corrected chi connectivity index (χ2v) is 3.89.